The molecule has 210 valence electrons. The third-order valence-corrected chi connectivity index (χ3v) is 8.38. The van der Waals surface area contributed by atoms with Crippen molar-refractivity contribution in [1.82, 2.24) is 19.3 Å². The highest BCUT2D eigenvalue weighted by Crippen LogP contribution is 2.47. The molecule has 1 aromatic carbocycles. The zero-order valence-corrected chi connectivity index (χ0v) is 24.4. The van der Waals surface area contributed by atoms with Gasteiger partial charge in [0.05, 0.1) is 17.3 Å². The van der Waals surface area contributed by atoms with Gasteiger partial charge >= 0.3 is 6.09 Å². The summed E-state index contributed by atoms with van der Waals surface area (Å²) in [4.78, 5) is 32.7. The lowest BCUT2D eigenvalue weighted by Gasteiger charge is -2.48. The van der Waals surface area contributed by atoms with Crippen molar-refractivity contribution in [2.45, 2.75) is 71.9 Å². The molecule has 2 fully saturated rings. The van der Waals surface area contributed by atoms with E-state index in [9.17, 15) is 14.7 Å². The van der Waals surface area contributed by atoms with Crippen LogP contribution in [0.25, 0.3) is 10.9 Å². The Morgan fingerprint density at radius 3 is 2.65 bits per heavy atom. The van der Waals surface area contributed by atoms with Gasteiger partial charge in [-0.3, -0.25) is 9.36 Å². The van der Waals surface area contributed by atoms with Crippen LogP contribution in [0.4, 0.5) is 4.79 Å². The molecule has 1 amide bonds. The zero-order valence-electron chi connectivity index (χ0n) is 23.7. The molecule has 1 aromatic heterocycles. The number of nitrogens with zero attached hydrogens (tertiary/aromatic N) is 4. The summed E-state index contributed by atoms with van der Waals surface area (Å²) >= 11 is 6.37. The van der Waals surface area contributed by atoms with E-state index in [-0.39, 0.29) is 18.0 Å². The summed E-state index contributed by atoms with van der Waals surface area (Å²) in [6, 6.07) is 4.77. The van der Waals surface area contributed by atoms with Crippen LogP contribution in [0, 0.1) is 5.92 Å². The quantitative estimate of drug-likeness (QED) is 0.502. The normalized spacial score (nSPS) is 25.1. The molecular weight excluding hydrogens is 528 g/mol. The van der Waals surface area contributed by atoms with Gasteiger partial charge in [-0.2, -0.15) is 0 Å². The van der Waals surface area contributed by atoms with Gasteiger partial charge in [0.2, 0.25) is 0 Å². The van der Waals surface area contributed by atoms with Gasteiger partial charge in [-0.25, -0.2) is 4.79 Å². The number of hydrogen-bond acceptors (Lipinski definition) is 6. The summed E-state index contributed by atoms with van der Waals surface area (Å²) in [6.07, 6.45) is 9.21. The summed E-state index contributed by atoms with van der Waals surface area (Å²) in [5, 5.41) is 12.7. The van der Waals surface area contributed by atoms with Crippen LogP contribution in [0.1, 0.15) is 59.6 Å². The molecular formula is C31H35ClN4O4. The van der Waals surface area contributed by atoms with Crippen molar-refractivity contribution in [2.75, 3.05) is 6.54 Å². The summed E-state index contributed by atoms with van der Waals surface area (Å²) in [7, 11) is 0. The van der Waals surface area contributed by atoms with Gasteiger partial charge in [0.1, 0.15) is 11.3 Å². The van der Waals surface area contributed by atoms with Crippen LogP contribution in [-0.4, -0.2) is 60.8 Å². The number of aliphatic hydroxyl groups is 1. The highest BCUT2D eigenvalue weighted by Gasteiger charge is 2.43. The summed E-state index contributed by atoms with van der Waals surface area (Å²) in [5.41, 5.74) is 4.64. The van der Waals surface area contributed by atoms with Gasteiger partial charge in [0.15, 0.2) is 6.23 Å². The predicted molar refractivity (Wildman–Crippen MR) is 154 cm³/mol. The van der Waals surface area contributed by atoms with Gasteiger partial charge in [-0.05, 0) is 89.5 Å². The molecule has 0 spiro atoms. The highest BCUT2D eigenvalue weighted by atomic mass is 35.5. The second-order valence-corrected chi connectivity index (χ2v) is 12.7. The van der Waals surface area contributed by atoms with E-state index in [1.165, 1.54) is 15.7 Å². The molecule has 4 unspecified atom stereocenters. The molecule has 4 atom stereocenters. The van der Waals surface area contributed by atoms with Crippen LogP contribution in [0.5, 0.6) is 0 Å². The van der Waals surface area contributed by atoms with Gasteiger partial charge < -0.3 is 24.5 Å². The lowest BCUT2D eigenvalue weighted by Crippen LogP contribution is -2.58. The van der Waals surface area contributed by atoms with E-state index in [1.807, 2.05) is 56.6 Å². The van der Waals surface area contributed by atoms with E-state index in [0.29, 0.717) is 28.7 Å². The van der Waals surface area contributed by atoms with Crippen molar-refractivity contribution < 1.29 is 19.4 Å². The molecule has 2 aromatic rings. The first-order valence-corrected chi connectivity index (χ1v) is 14.1. The van der Waals surface area contributed by atoms with Crippen LogP contribution < -0.4 is 0 Å². The minimum Gasteiger partial charge on any atom is -0.443 e. The Hall–Kier alpha value is -3.49. The highest BCUT2D eigenvalue weighted by molar-refractivity contribution is 6.31. The molecule has 6 rings (SSSR count). The fourth-order valence-electron chi connectivity index (χ4n) is 6.13. The molecule has 4 heterocycles. The van der Waals surface area contributed by atoms with Crippen molar-refractivity contribution >= 4 is 34.5 Å². The topological polar surface area (TPSA) is 78.2 Å². The van der Waals surface area contributed by atoms with E-state index in [2.05, 4.69) is 19.3 Å². The zero-order chi connectivity index (χ0) is 28.7. The number of halogens is 1. The molecule has 1 aliphatic carbocycles. The third kappa shape index (κ3) is 4.43. The van der Waals surface area contributed by atoms with Crippen LogP contribution in [-0.2, 0) is 9.53 Å². The number of aromatic nitrogens is 1. The monoisotopic (exact) mass is 562 g/mol. The first-order chi connectivity index (χ1) is 18.8. The number of carbonyl (C=O) groups excluding carboxylic acids is 2. The van der Waals surface area contributed by atoms with E-state index in [0.717, 1.165) is 23.1 Å². The van der Waals surface area contributed by atoms with Crippen LogP contribution >= 0.6 is 11.6 Å². The van der Waals surface area contributed by atoms with Crippen molar-refractivity contribution in [1.29, 1.82) is 0 Å². The van der Waals surface area contributed by atoms with Crippen molar-refractivity contribution in [2.24, 2.45) is 5.92 Å². The first kappa shape index (κ1) is 26.7. The van der Waals surface area contributed by atoms with Gasteiger partial charge in [0.25, 0.3) is 5.91 Å². The van der Waals surface area contributed by atoms with Crippen molar-refractivity contribution in [3.8, 4) is 0 Å². The maximum Gasteiger partial charge on any atom is 0.419 e. The molecule has 4 aliphatic rings. The number of amides is 1. The molecule has 1 saturated heterocycles. The second-order valence-electron chi connectivity index (χ2n) is 12.2. The van der Waals surface area contributed by atoms with E-state index < -0.39 is 17.9 Å². The van der Waals surface area contributed by atoms with Crippen LogP contribution in [0.3, 0.4) is 0 Å². The number of rotatable bonds is 3. The number of carbonyl (C=O) groups is 2. The number of fused-ring (bicyclic) bond motifs is 3. The first-order valence-electron chi connectivity index (χ1n) is 13.7. The Kier molecular flexibility index (Phi) is 6.20. The smallest absolute Gasteiger partial charge is 0.419 e. The third-order valence-electron chi connectivity index (χ3n) is 8.15. The minimum absolute atomic E-state index is 0.174. The molecule has 40 heavy (non-hydrogen) atoms. The molecule has 1 N–H and O–H groups in total. The lowest BCUT2D eigenvalue weighted by atomic mass is 9.99. The molecule has 0 bridgehead atoms. The Balaban J connectivity index is 1.34. The molecule has 0 radical (unpaired) electrons. The number of benzene rings is 1. The number of allylic oxidation sites excluding steroid dienone is 4. The maximum atomic E-state index is 14.0. The van der Waals surface area contributed by atoms with Crippen molar-refractivity contribution in [3.63, 3.8) is 0 Å². The van der Waals surface area contributed by atoms with Crippen LogP contribution in [0.2, 0.25) is 5.02 Å². The maximum absolute atomic E-state index is 14.0. The largest absolute Gasteiger partial charge is 0.443 e. The lowest BCUT2D eigenvalue weighted by molar-refractivity contribution is -0.141. The molecule has 8 nitrogen and oxygen atoms in total. The summed E-state index contributed by atoms with van der Waals surface area (Å²) in [5.74, 6) is 0.373. The van der Waals surface area contributed by atoms with Crippen LogP contribution in [0.15, 0.2) is 71.5 Å². The predicted octanol–water partition coefficient (Wildman–Crippen LogP) is 5.89. The van der Waals surface area contributed by atoms with E-state index >= 15 is 0 Å². The van der Waals surface area contributed by atoms with E-state index in [1.54, 1.807) is 29.3 Å². The Labute approximate surface area is 239 Å². The standard InChI is InChI=1S/C31H35ClN4O4/c1-17-13-33(15-20-11-22(17)20)26-9-10-27-29(38)36(18(2)14-34(27)28(26)37)19(3)24-16-35(30(39)40-31(4,5)6)25-8-7-21(32)12-23(24)25/h7-10,12-13,15-16,18-19,22,28,37H,11,14H2,1-6H3. The average molecular weight is 563 g/mol. The Morgan fingerprint density at radius 1 is 1.20 bits per heavy atom. The fraction of sp³-hybridized carbons (Fsp3) is 0.419. The number of ether oxygens (including phenoxy) is 1. The Morgan fingerprint density at radius 2 is 1.95 bits per heavy atom. The van der Waals surface area contributed by atoms with Gasteiger partial charge in [-0.15, -0.1) is 0 Å². The van der Waals surface area contributed by atoms with Gasteiger partial charge in [-0.1, -0.05) is 11.6 Å². The average Bonchev–Trinajstić information content (AvgIpc) is 3.56. The summed E-state index contributed by atoms with van der Waals surface area (Å²) < 4.78 is 7.14. The Bertz CT molecular complexity index is 1560. The molecule has 9 heteroatoms. The van der Waals surface area contributed by atoms with E-state index in [4.69, 9.17) is 16.3 Å². The molecule has 3 aliphatic heterocycles. The number of piperazine rings is 1. The SMILES string of the molecule is CC1=CN(C2=CC=C3C(=O)N(C(C)c4cn(C(=O)OC(C)(C)C)c5ccc(Cl)cc45)C(C)CN3C2O)C=C2CC12. The second kappa shape index (κ2) is 9.28. The number of hydrogen-bond donors (Lipinski definition) is 1. The van der Waals surface area contributed by atoms with Gasteiger partial charge in [0, 0.05) is 53.1 Å². The fourth-order valence-corrected chi connectivity index (χ4v) is 6.30. The molecule has 1 saturated carbocycles. The number of aliphatic hydroxyl groups excluding tert-OH is 1. The minimum atomic E-state index is -0.937. The summed E-state index contributed by atoms with van der Waals surface area (Å²) in [6.45, 7) is 12.0. The van der Waals surface area contributed by atoms with Crippen molar-refractivity contribution in [3.05, 3.63) is 82.1 Å².